The minimum Gasteiger partial charge on any atom is -0.301 e. The van der Waals surface area contributed by atoms with Gasteiger partial charge in [-0.15, -0.1) is 11.3 Å². The number of carbonyl (C=O) groups is 1. The molecule has 1 saturated carbocycles. The number of rotatable bonds is 3. The van der Waals surface area contributed by atoms with E-state index in [2.05, 4.69) is 10.3 Å². The van der Waals surface area contributed by atoms with Crippen molar-refractivity contribution < 1.29 is 13.2 Å². The van der Waals surface area contributed by atoms with E-state index in [1.54, 1.807) is 11.6 Å². The quantitative estimate of drug-likeness (QED) is 0.899. The summed E-state index contributed by atoms with van der Waals surface area (Å²) in [5.74, 6) is -0.118. The van der Waals surface area contributed by atoms with Gasteiger partial charge in [-0.3, -0.25) is 4.79 Å². The molecule has 2 heterocycles. The summed E-state index contributed by atoms with van der Waals surface area (Å²) in [4.78, 5) is 16.3. The van der Waals surface area contributed by atoms with E-state index in [1.807, 2.05) is 0 Å². The third-order valence-corrected chi connectivity index (χ3v) is 5.82. The number of aromatic nitrogens is 1. The van der Waals surface area contributed by atoms with Gasteiger partial charge in [-0.2, -0.15) is 4.31 Å². The first-order valence-corrected chi connectivity index (χ1v) is 8.88. The summed E-state index contributed by atoms with van der Waals surface area (Å²) in [6.07, 6.45) is 5.36. The van der Waals surface area contributed by atoms with Crippen LogP contribution in [-0.2, 0) is 14.8 Å². The monoisotopic (exact) mass is 301 g/mol. The number of anilines is 1. The number of nitrogens with zero attached hydrogens (tertiary/aromatic N) is 2. The molecule has 104 valence electrons. The summed E-state index contributed by atoms with van der Waals surface area (Å²) < 4.78 is 25.1. The Labute approximate surface area is 115 Å². The smallest absolute Gasteiger partial charge is 0.244 e. The van der Waals surface area contributed by atoms with Crippen LogP contribution in [0.15, 0.2) is 11.6 Å². The van der Waals surface area contributed by atoms with E-state index in [4.69, 9.17) is 0 Å². The van der Waals surface area contributed by atoms with Crippen molar-refractivity contribution in [1.82, 2.24) is 9.29 Å². The SMILES string of the molecule is CS(=O)(=O)N1[C@H]2CC[C@@H](C2)[C@@H]1C(=O)Nc1nccs1. The maximum absolute atomic E-state index is 12.3. The lowest BCUT2D eigenvalue weighted by Crippen LogP contribution is -2.50. The molecular formula is C11H15N3O3S2. The number of hydrogen-bond acceptors (Lipinski definition) is 5. The molecule has 2 bridgehead atoms. The molecule has 2 fully saturated rings. The Morgan fingerprint density at radius 2 is 2.32 bits per heavy atom. The molecule has 3 rings (SSSR count). The van der Waals surface area contributed by atoms with E-state index in [0.29, 0.717) is 5.13 Å². The summed E-state index contributed by atoms with van der Waals surface area (Å²) in [6.45, 7) is 0. The Kier molecular flexibility index (Phi) is 3.11. The molecule has 0 aromatic carbocycles. The third-order valence-electron chi connectivity index (χ3n) is 3.84. The normalized spacial score (nSPS) is 30.7. The van der Waals surface area contributed by atoms with Crippen LogP contribution in [0.1, 0.15) is 19.3 Å². The van der Waals surface area contributed by atoms with Crippen molar-refractivity contribution in [1.29, 1.82) is 0 Å². The minimum absolute atomic E-state index is 0.00737. The fourth-order valence-electron chi connectivity index (χ4n) is 3.22. The number of amides is 1. The highest BCUT2D eigenvalue weighted by Crippen LogP contribution is 2.44. The molecule has 1 aliphatic carbocycles. The van der Waals surface area contributed by atoms with E-state index in [0.717, 1.165) is 19.3 Å². The van der Waals surface area contributed by atoms with Crippen LogP contribution < -0.4 is 5.32 Å². The number of sulfonamides is 1. The first-order chi connectivity index (χ1) is 8.97. The number of carbonyl (C=O) groups excluding carboxylic acids is 1. The van der Waals surface area contributed by atoms with Gasteiger partial charge in [0.2, 0.25) is 15.9 Å². The maximum Gasteiger partial charge on any atom is 0.244 e. The van der Waals surface area contributed by atoms with Gasteiger partial charge < -0.3 is 5.32 Å². The molecule has 1 amide bonds. The Morgan fingerprint density at radius 1 is 1.53 bits per heavy atom. The first kappa shape index (κ1) is 13.0. The van der Waals surface area contributed by atoms with Gasteiger partial charge in [0, 0.05) is 17.6 Å². The fourth-order valence-corrected chi connectivity index (χ4v) is 5.16. The molecule has 1 aromatic rings. The van der Waals surface area contributed by atoms with Gasteiger partial charge in [0.1, 0.15) is 6.04 Å². The zero-order valence-electron chi connectivity index (χ0n) is 10.4. The van der Waals surface area contributed by atoms with Crippen LogP contribution in [0.3, 0.4) is 0 Å². The molecule has 6 nitrogen and oxygen atoms in total. The Morgan fingerprint density at radius 3 is 2.95 bits per heavy atom. The summed E-state index contributed by atoms with van der Waals surface area (Å²) in [7, 11) is -3.35. The highest BCUT2D eigenvalue weighted by Gasteiger charge is 2.53. The van der Waals surface area contributed by atoms with Gasteiger partial charge in [-0.05, 0) is 25.2 Å². The van der Waals surface area contributed by atoms with Crippen LogP contribution in [0.5, 0.6) is 0 Å². The number of hydrogen-bond donors (Lipinski definition) is 1. The largest absolute Gasteiger partial charge is 0.301 e. The third kappa shape index (κ3) is 2.28. The lowest BCUT2D eigenvalue weighted by Gasteiger charge is -2.31. The highest BCUT2D eigenvalue weighted by molar-refractivity contribution is 7.88. The van der Waals surface area contributed by atoms with Crippen molar-refractivity contribution in [2.45, 2.75) is 31.3 Å². The summed E-state index contributed by atoms with van der Waals surface area (Å²) in [5, 5.41) is 5.00. The van der Waals surface area contributed by atoms with Gasteiger partial charge >= 0.3 is 0 Å². The molecular weight excluding hydrogens is 286 g/mol. The predicted molar refractivity (Wildman–Crippen MR) is 72.3 cm³/mol. The van der Waals surface area contributed by atoms with Crippen molar-refractivity contribution >= 4 is 32.4 Å². The molecule has 0 unspecified atom stereocenters. The highest BCUT2D eigenvalue weighted by atomic mass is 32.2. The molecule has 8 heteroatoms. The van der Waals surface area contributed by atoms with Crippen LogP contribution in [0, 0.1) is 5.92 Å². The summed E-state index contributed by atoms with van der Waals surface area (Å²) >= 11 is 1.33. The van der Waals surface area contributed by atoms with Crippen LogP contribution in [-0.4, -0.2) is 42.0 Å². The Hall–Kier alpha value is -0.990. The lowest BCUT2D eigenvalue weighted by atomic mass is 9.99. The number of nitrogens with one attached hydrogen (secondary N) is 1. The fraction of sp³-hybridized carbons (Fsp3) is 0.636. The maximum atomic E-state index is 12.3. The molecule has 3 atom stereocenters. The van der Waals surface area contributed by atoms with Crippen LogP contribution in [0.2, 0.25) is 0 Å². The van der Waals surface area contributed by atoms with Gasteiger partial charge in [0.05, 0.1) is 6.26 Å². The molecule has 1 N–H and O–H groups in total. The zero-order chi connectivity index (χ0) is 13.6. The Balaban J connectivity index is 1.84. The van der Waals surface area contributed by atoms with Crippen molar-refractivity contribution in [2.24, 2.45) is 5.92 Å². The second kappa shape index (κ2) is 4.53. The summed E-state index contributed by atoms with van der Waals surface area (Å²) in [5.41, 5.74) is 0. The van der Waals surface area contributed by atoms with Gasteiger partial charge in [0.15, 0.2) is 5.13 Å². The molecule has 1 saturated heterocycles. The van der Waals surface area contributed by atoms with Gasteiger partial charge in [0.25, 0.3) is 0 Å². The Bertz CT molecular complexity index is 584. The lowest BCUT2D eigenvalue weighted by molar-refractivity contribution is -0.120. The zero-order valence-corrected chi connectivity index (χ0v) is 12.1. The van der Waals surface area contributed by atoms with Gasteiger partial charge in [-0.25, -0.2) is 13.4 Å². The molecule has 0 spiro atoms. The average Bonchev–Trinajstić information content (AvgIpc) is 3.02. The molecule has 1 aromatic heterocycles. The molecule has 19 heavy (non-hydrogen) atoms. The number of piperidine rings is 1. The van der Waals surface area contributed by atoms with E-state index >= 15 is 0 Å². The van der Waals surface area contributed by atoms with E-state index in [-0.39, 0.29) is 17.9 Å². The van der Waals surface area contributed by atoms with E-state index in [1.165, 1.54) is 21.9 Å². The van der Waals surface area contributed by atoms with E-state index in [9.17, 15) is 13.2 Å². The van der Waals surface area contributed by atoms with Gasteiger partial charge in [-0.1, -0.05) is 0 Å². The van der Waals surface area contributed by atoms with Crippen LogP contribution >= 0.6 is 11.3 Å². The second-order valence-corrected chi connectivity index (χ2v) is 7.87. The van der Waals surface area contributed by atoms with E-state index < -0.39 is 16.1 Å². The van der Waals surface area contributed by atoms with Crippen LogP contribution in [0.25, 0.3) is 0 Å². The van der Waals surface area contributed by atoms with Crippen molar-refractivity contribution in [2.75, 3.05) is 11.6 Å². The predicted octanol–water partition coefficient (Wildman–Crippen LogP) is 0.894. The standard InChI is InChI=1S/C11H15N3O3S2/c1-19(16,17)14-8-3-2-7(6-8)9(14)10(15)13-11-12-4-5-18-11/h4-5,7-9H,2-3,6H2,1H3,(H,12,13,15)/t7-,8-,9+/m0/s1. The van der Waals surface area contributed by atoms with Crippen molar-refractivity contribution in [3.05, 3.63) is 11.6 Å². The molecule has 1 aliphatic heterocycles. The first-order valence-electron chi connectivity index (χ1n) is 6.15. The molecule has 2 aliphatic rings. The topological polar surface area (TPSA) is 79.4 Å². The number of thiazole rings is 1. The van der Waals surface area contributed by atoms with Crippen molar-refractivity contribution in [3.63, 3.8) is 0 Å². The van der Waals surface area contributed by atoms with Crippen molar-refractivity contribution in [3.8, 4) is 0 Å². The second-order valence-electron chi connectivity index (χ2n) is 5.09. The minimum atomic E-state index is -3.35. The average molecular weight is 301 g/mol. The van der Waals surface area contributed by atoms with Crippen LogP contribution in [0.4, 0.5) is 5.13 Å². The summed E-state index contributed by atoms with van der Waals surface area (Å²) in [6, 6.07) is -0.579. The molecule has 0 radical (unpaired) electrons. The number of fused-ring (bicyclic) bond motifs is 2.